The van der Waals surface area contributed by atoms with Crippen molar-refractivity contribution in [3.05, 3.63) is 5.82 Å². The summed E-state index contributed by atoms with van der Waals surface area (Å²) in [5.41, 5.74) is 0. The average molecular weight is 238 g/mol. The number of aromatic nitrogens is 2. The third kappa shape index (κ3) is 1.62. The molecule has 2 saturated heterocycles. The lowest BCUT2D eigenvalue weighted by Gasteiger charge is -2.35. The molecule has 2 bridgehead atoms. The Morgan fingerprint density at radius 1 is 1.31 bits per heavy atom. The number of hydrogen-bond donors (Lipinski definition) is 1. The maximum absolute atomic E-state index is 4.55. The van der Waals surface area contributed by atoms with Crippen LogP contribution in [-0.4, -0.2) is 40.4 Å². The first-order valence-electron chi connectivity index (χ1n) is 6.01. The molecule has 1 aromatic rings. The number of nitrogens with zero attached hydrogens (tertiary/aromatic N) is 3. The number of rotatable bonds is 2. The highest BCUT2D eigenvalue weighted by Gasteiger charge is 2.40. The van der Waals surface area contributed by atoms with Crippen LogP contribution in [0.4, 0.5) is 5.13 Å². The first-order valence-corrected chi connectivity index (χ1v) is 6.78. The van der Waals surface area contributed by atoms with Crippen LogP contribution in [0, 0.1) is 0 Å². The van der Waals surface area contributed by atoms with Crippen LogP contribution in [0.3, 0.4) is 0 Å². The molecular weight excluding hydrogens is 220 g/mol. The lowest BCUT2D eigenvalue weighted by atomic mass is 9.90. The van der Waals surface area contributed by atoms with E-state index in [0.717, 1.165) is 23.0 Å². The summed E-state index contributed by atoms with van der Waals surface area (Å²) in [5, 5.41) is 4.01. The van der Waals surface area contributed by atoms with E-state index < -0.39 is 0 Å². The SMILES string of the molecule is CNc1nc(C2CC3CCC(C2)N3C)ns1. The van der Waals surface area contributed by atoms with Crippen LogP contribution >= 0.6 is 11.5 Å². The summed E-state index contributed by atoms with van der Waals surface area (Å²) in [6, 6.07) is 1.54. The van der Waals surface area contributed by atoms with E-state index in [1.807, 2.05) is 7.05 Å². The van der Waals surface area contributed by atoms with Gasteiger partial charge in [0.1, 0.15) is 5.82 Å². The highest BCUT2D eigenvalue weighted by Crippen LogP contribution is 2.41. The first kappa shape index (κ1) is 10.5. The van der Waals surface area contributed by atoms with Crippen LogP contribution in [0.15, 0.2) is 0 Å². The molecule has 3 heterocycles. The zero-order chi connectivity index (χ0) is 11.1. The summed E-state index contributed by atoms with van der Waals surface area (Å²) >= 11 is 1.48. The molecule has 2 aliphatic heterocycles. The predicted octanol–water partition coefficient (Wildman–Crippen LogP) is 1.92. The zero-order valence-electron chi connectivity index (χ0n) is 9.81. The molecule has 88 valence electrons. The molecule has 1 N–H and O–H groups in total. The molecule has 16 heavy (non-hydrogen) atoms. The molecule has 0 spiro atoms. The summed E-state index contributed by atoms with van der Waals surface area (Å²) in [6.45, 7) is 0. The van der Waals surface area contributed by atoms with Crippen molar-refractivity contribution in [3.63, 3.8) is 0 Å². The number of anilines is 1. The van der Waals surface area contributed by atoms with Crippen molar-refractivity contribution in [2.75, 3.05) is 19.4 Å². The zero-order valence-corrected chi connectivity index (χ0v) is 10.6. The van der Waals surface area contributed by atoms with E-state index in [0.29, 0.717) is 5.92 Å². The van der Waals surface area contributed by atoms with Crippen molar-refractivity contribution in [1.29, 1.82) is 0 Å². The molecule has 1 aromatic heterocycles. The van der Waals surface area contributed by atoms with Crippen LogP contribution in [0.1, 0.15) is 37.4 Å². The largest absolute Gasteiger partial charge is 0.363 e. The van der Waals surface area contributed by atoms with Gasteiger partial charge in [-0.05, 0) is 32.7 Å². The van der Waals surface area contributed by atoms with E-state index in [-0.39, 0.29) is 0 Å². The summed E-state index contributed by atoms with van der Waals surface area (Å²) in [4.78, 5) is 7.11. The maximum Gasteiger partial charge on any atom is 0.202 e. The molecule has 5 heteroatoms. The quantitative estimate of drug-likeness (QED) is 0.854. The Hall–Kier alpha value is -0.680. The average Bonchev–Trinajstić information content (AvgIpc) is 2.82. The minimum atomic E-state index is 0.590. The Labute approximate surface area is 100 Å². The molecule has 0 aromatic carbocycles. The van der Waals surface area contributed by atoms with E-state index in [2.05, 4.69) is 26.6 Å². The van der Waals surface area contributed by atoms with Gasteiger partial charge in [0.2, 0.25) is 5.13 Å². The Balaban J connectivity index is 1.77. The van der Waals surface area contributed by atoms with E-state index in [1.165, 1.54) is 37.2 Å². The van der Waals surface area contributed by atoms with E-state index in [9.17, 15) is 0 Å². The monoisotopic (exact) mass is 238 g/mol. The van der Waals surface area contributed by atoms with Crippen molar-refractivity contribution in [1.82, 2.24) is 14.3 Å². The van der Waals surface area contributed by atoms with Crippen LogP contribution in [0.5, 0.6) is 0 Å². The second-order valence-corrected chi connectivity index (χ2v) is 5.68. The number of hydrogen-bond acceptors (Lipinski definition) is 5. The van der Waals surface area contributed by atoms with Gasteiger partial charge in [-0.1, -0.05) is 0 Å². The normalized spacial score (nSPS) is 34.2. The van der Waals surface area contributed by atoms with Crippen molar-refractivity contribution in [2.45, 2.75) is 43.7 Å². The van der Waals surface area contributed by atoms with Crippen molar-refractivity contribution in [2.24, 2.45) is 0 Å². The van der Waals surface area contributed by atoms with E-state index >= 15 is 0 Å². The van der Waals surface area contributed by atoms with E-state index in [1.54, 1.807) is 0 Å². The smallest absolute Gasteiger partial charge is 0.202 e. The Morgan fingerprint density at radius 3 is 2.56 bits per heavy atom. The molecular formula is C11H18N4S. The molecule has 2 unspecified atom stereocenters. The topological polar surface area (TPSA) is 41.1 Å². The van der Waals surface area contributed by atoms with Gasteiger partial charge in [-0.3, -0.25) is 0 Å². The van der Waals surface area contributed by atoms with Crippen molar-refractivity contribution < 1.29 is 0 Å². The third-order valence-electron chi connectivity index (χ3n) is 4.12. The lowest BCUT2D eigenvalue weighted by Crippen LogP contribution is -2.39. The summed E-state index contributed by atoms with van der Waals surface area (Å²) in [5.74, 6) is 1.66. The molecule has 0 aliphatic carbocycles. The molecule has 4 nitrogen and oxygen atoms in total. The van der Waals surface area contributed by atoms with Crippen LogP contribution in [-0.2, 0) is 0 Å². The van der Waals surface area contributed by atoms with Crippen LogP contribution < -0.4 is 5.32 Å². The predicted molar refractivity (Wildman–Crippen MR) is 66.0 cm³/mol. The summed E-state index contributed by atoms with van der Waals surface area (Å²) < 4.78 is 4.48. The van der Waals surface area contributed by atoms with E-state index in [4.69, 9.17) is 0 Å². The highest BCUT2D eigenvalue weighted by atomic mass is 32.1. The molecule has 2 aliphatic rings. The van der Waals surface area contributed by atoms with Gasteiger partial charge in [0, 0.05) is 36.6 Å². The Bertz CT molecular complexity index is 364. The molecule has 3 rings (SSSR count). The lowest BCUT2D eigenvalue weighted by molar-refractivity contribution is 0.159. The summed E-state index contributed by atoms with van der Waals surface area (Å²) in [7, 11) is 4.18. The van der Waals surface area contributed by atoms with Gasteiger partial charge in [0.05, 0.1) is 0 Å². The van der Waals surface area contributed by atoms with Gasteiger partial charge in [0.25, 0.3) is 0 Å². The van der Waals surface area contributed by atoms with Gasteiger partial charge in [-0.25, -0.2) is 4.98 Å². The fourth-order valence-corrected chi connectivity index (χ4v) is 3.72. The Morgan fingerprint density at radius 2 is 2.00 bits per heavy atom. The molecule has 0 amide bonds. The number of piperidine rings is 1. The Kier molecular flexibility index (Phi) is 2.59. The fraction of sp³-hybridized carbons (Fsp3) is 0.818. The molecule has 0 radical (unpaired) electrons. The molecule has 0 saturated carbocycles. The van der Waals surface area contributed by atoms with Gasteiger partial charge >= 0.3 is 0 Å². The van der Waals surface area contributed by atoms with Gasteiger partial charge in [-0.15, -0.1) is 0 Å². The van der Waals surface area contributed by atoms with Gasteiger partial charge in [-0.2, -0.15) is 4.37 Å². The number of fused-ring (bicyclic) bond motifs is 2. The maximum atomic E-state index is 4.55. The second kappa shape index (κ2) is 3.96. The third-order valence-corrected chi connectivity index (χ3v) is 4.87. The van der Waals surface area contributed by atoms with Gasteiger partial charge in [0.15, 0.2) is 0 Å². The summed E-state index contributed by atoms with van der Waals surface area (Å²) in [6.07, 6.45) is 5.21. The fourth-order valence-electron chi connectivity index (χ4n) is 3.12. The number of nitrogens with one attached hydrogen (secondary N) is 1. The van der Waals surface area contributed by atoms with Crippen LogP contribution in [0.25, 0.3) is 0 Å². The molecule has 2 atom stereocenters. The molecule has 2 fully saturated rings. The standard InChI is InChI=1S/C11H18N4S/c1-12-11-13-10(14-16-11)7-5-8-3-4-9(6-7)15(8)2/h7-9H,3-6H2,1-2H3,(H,12,13,14). The van der Waals surface area contributed by atoms with Crippen molar-refractivity contribution >= 4 is 16.7 Å². The first-order chi connectivity index (χ1) is 7.78. The second-order valence-electron chi connectivity index (χ2n) is 4.93. The minimum absolute atomic E-state index is 0.590. The minimum Gasteiger partial charge on any atom is -0.363 e. The highest BCUT2D eigenvalue weighted by molar-refractivity contribution is 7.09. The van der Waals surface area contributed by atoms with Crippen LogP contribution in [0.2, 0.25) is 0 Å². The van der Waals surface area contributed by atoms with Gasteiger partial charge < -0.3 is 10.2 Å². The van der Waals surface area contributed by atoms with Crippen molar-refractivity contribution in [3.8, 4) is 0 Å².